The third-order valence-corrected chi connectivity index (χ3v) is 3.86. The van der Waals surface area contributed by atoms with E-state index < -0.39 is 5.60 Å². The van der Waals surface area contributed by atoms with Crippen molar-refractivity contribution in [3.8, 4) is 0 Å². The second kappa shape index (κ2) is 5.02. The second-order valence-corrected chi connectivity index (χ2v) is 5.35. The average molecular weight is 275 g/mol. The van der Waals surface area contributed by atoms with Gasteiger partial charge in [0.15, 0.2) is 0 Å². The third kappa shape index (κ3) is 2.86. The summed E-state index contributed by atoms with van der Waals surface area (Å²) in [6, 6.07) is 5.48. The summed E-state index contributed by atoms with van der Waals surface area (Å²) in [4.78, 5) is 2.16. The average Bonchev–Trinajstić information content (AvgIpc) is 2.31. The lowest BCUT2D eigenvalue weighted by atomic mass is 9.91. The maximum absolute atomic E-state index is 10.1. The molecule has 2 rings (SSSR count). The van der Waals surface area contributed by atoms with E-state index >= 15 is 0 Å². The van der Waals surface area contributed by atoms with Crippen LogP contribution in [0.4, 0.5) is 5.69 Å². The summed E-state index contributed by atoms with van der Waals surface area (Å²) in [5.41, 5.74) is 5.81. The number of nitrogens with zero attached hydrogens (tertiary/aromatic N) is 1. The molecular formula is C12H16Cl2N2O. The molecular weight excluding hydrogens is 259 g/mol. The minimum absolute atomic E-state index is 0.315. The molecule has 94 valence electrons. The van der Waals surface area contributed by atoms with Crippen LogP contribution in [0.15, 0.2) is 18.2 Å². The van der Waals surface area contributed by atoms with E-state index in [1.165, 1.54) is 0 Å². The fourth-order valence-corrected chi connectivity index (χ4v) is 2.63. The predicted octanol–water partition coefficient (Wildman–Crippen LogP) is 2.28. The summed E-state index contributed by atoms with van der Waals surface area (Å²) in [5.74, 6) is 0. The number of hydrogen-bond donors (Lipinski definition) is 2. The number of anilines is 1. The van der Waals surface area contributed by atoms with E-state index in [0.29, 0.717) is 29.4 Å². The summed E-state index contributed by atoms with van der Waals surface area (Å²) < 4.78 is 0. The van der Waals surface area contributed by atoms with Gasteiger partial charge in [0.2, 0.25) is 0 Å². The quantitative estimate of drug-likeness (QED) is 0.870. The topological polar surface area (TPSA) is 49.5 Å². The van der Waals surface area contributed by atoms with Crippen molar-refractivity contribution in [3.63, 3.8) is 0 Å². The van der Waals surface area contributed by atoms with Gasteiger partial charge in [0.05, 0.1) is 16.3 Å². The Hall–Kier alpha value is -0.480. The van der Waals surface area contributed by atoms with Crippen LogP contribution < -0.4 is 10.6 Å². The van der Waals surface area contributed by atoms with Crippen LogP contribution in [-0.4, -0.2) is 30.3 Å². The summed E-state index contributed by atoms with van der Waals surface area (Å²) in [6.45, 7) is 1.83. The van der Waals surface area contributed by atoms with Gasteiger partial charge in [0.25, 0.3) is 0 Å². The third-order valence-electron chi connectivity index (χ3n) is 3.32. The summed E-state index contributed by atoms with van der Waals surface area (Å²) in [5, 5.41) is 11.3. The zero-order valence-corrected chi connectivity index (χ0v) is 11.0. The Labute approximate surface area is 111 Å². The Kier molecular flexibility index (Phi) is 3.83. The molecule has 5 heteroatoms. The van der Waals surface area contributed by atoms with Crippen LogP contribution >= 0.6 is 23.2 Å². The van der Waals surface area contributed by atoms with E-state index in [1.807, 2.05) is 12.1 Å². The van der Waals surface area contributed by atoms with Crippen LogP contribution in [0.5, 0.6) is 0 Å². The molecule has 0 atom stereocenters. The number of aliphatic hydroxyl groups is 1. The van der Waals surface area contributed by atoms with Crippen molar-refractivity contribution in [1.29, 1.82) is 0 Å². The molecule has 1 heterocycles. The Morgan fingerprint density at radius 1 is 1.29 bits per heavy atom. The molecule has 0 aliphatic carbocycles. The predicted molar refractivity (Wildman–Crippen MR) is 71.9 cm³/mol. The molecule has 3 N–H and O–H groups in total. The number of hydrogen-bond acceptors (Lipinski definition) is 3. The highest BCUT2D eigenvalue weighted by Crippen LogP contribution is 2.32. The summed E-state index contributed by atoms with van der Waals surface area (Å²) in [7, 11) is 0. The summed E-state index contributed by atoms with van der Waals surface area (Å²) in [6.07, 6.45) is 1.34. The second-order valence-electron chi connectivity index (χ2n) is 4.51. The van der Waals surface area contributed by atoms with Crippen molar-refractivity contribution in [2.75, 3.05) is 24.5 Å². The highest BCUT2D eigenvalue weighted by atomic mass is 35.5. The summed E-state index contributed by atoms with van der Waals surface area (Å²) >= 11 is 12.0. The molecule has 0 saturated carbocycles. The van der Waals surface area contributed by atoms with Gasteiger partial charge in [-0.2, -0.15) is 0 Å². The molecule has 1 aromatic carbocycles. The van der Waals surface area contributed by atoms with Crippen LogP contribution in [0.3, 0.4) is 0 Å². The highest BCUT2D eigenvalue weighted by Gasteiger charge is 2.31. The Morgan fingerprint density at radius 2 is 1.94 bits per heavy atom. The van der Waals surface area contributed by atoms with Crippen LogP contribution in [-0.2, 0) is 0 Å². The fraction of sp³-hybridized carbons (Fsp3) is 0.500. The van der Waals surface area contributed by atoms with Crippen molar-refractivity contribution in [2.45, 2.75) is 18.4 Å². The molecule has 0 amide bonds. The Balaban J connectivity index is 2.10. The van der Waals surface area contributed by atoms with Crippen LogP contribution in [0.1, 0.15) is 12.8 Å². The van der Waals surface area contributed by atoms with Gasteiger partial charge >= 0.3 is 0 Å². The maximum atomic E-state index is 10.1. The van der Waals surface area contributed by atoms with Gasteiger partial charge in [-0.1, -0.05) is 23.2 Å². The molecule has 17 heavy (non-hydrogen) atoms. The monoisotopic (exact) mass is 274 g/mol. The minimum Gasteiger partial charge on any atom is -0.388 e. The number of rotatable bonds is 2. The molecule has 0 aromatic heterocycles. The van der Waals surface area contributed by atoms with Crippen molar-refractivity contribution >= 4 is 28.9 Å². The van der Waals surface area contributed by atoms with Gasteiger partial charge in [-0.05, 0) is 31.0 Å². The molecule has 0 bridgehead atoms. The van der Waals surface area contributed by atoms with Crippen LogP contribution in [0.2, 0.25) is 10.0 Å². The number of halogens is 2. The fourth-order valence-electron chi connectivity index (χ4n) is 2.11. The SMILES string of the molecule is NCC1(O)CCN(c2ccc(Cl)cc2Cl)CC1. The van der Waals surface area contributed by atoms with Gasteiger partial charge in [-0.25, -0.2) is 0 Å². The molecule has 0 unspecified atom stereocenters. The van der Waals surface area contributed by atoms with E-state index in [0.717, 1.165) is 18.8 Å². The first kappa shape index (κ1) is 13.0. The molecule has 1 aliphatic heterocycles. The molecule has 1 saturated heterocycles. The first-order valence-electron chi connectivity index (χ1n) is 5.66. The molecule has 0 radical (unpaired) electrons. The zero-order valence-electron chi connectivity index (χ0n) is 9.50. The van der Waals surface area contributed by atoms with Crippen molar-refractivity contribution in [2.24, 2.45) is 5.73 Å². The lowest BCUT2D eigenvalue weighted by molar-refractivity contribution is 0.0250. The molecule has 3 nitrogen and oxygen atoms in total. The number of benzene rings is 1. The number of nitrogens with two attached hydrogens (primary N) is 1. The number of piperidine rings is 1. The van der Waals surface area contributed by atoms with Gasteiger partial charge in [0.1, 0.15) is 0 Å². The molecule has 1 aromatic rings. The van der Waals surface area contributed by atoms with E-state index in [1.54, 1.807) is 6.07 Å². The van der Waals surface area contributed by atoms with Crippen LogP contribution in [0, 0.1) is 0 Å². The van der Waals surface area contributed by atoms with Gasteiger partial charge < -0.3 is 15.7 Å². The van der Waals surface area contributed by atoms with Crippen LogP contribution in [0.25, 0.3) is 0 Å². The zero-order chi connectivity index (χ0) is 12.5. The molecule has 0 spiro atoms. The first-order valence-corrected chi connectivity index (χ1v) is 6.42. The molecule has 1 aliphatic rings. The van der Waals surface area contributed by atoms with Gasteiger partial charge in [-0.15, -0.1) is 0 Å². The molecule has 1 fully saturated rings. The van der Waals surface area contributed by atoms with E-state index in [9.17, 15) is 5.11 Å². The smallest absolute Gasteiger partial charge is 0.0803 e. The van der Waals surface area contributed by atoms with Crippen molar-refractivity contribution in [1.82, 2.24) is 0 Å². The largest absolute Gasteiger partial charge is 0.388 e. The van der Waals surface area contributed by atoms with Gasteiger partial charge in [0, 0.05) is 24.7 Å². The Bertz CT molecular complexity index is 403. The first-order chi connectivity index (χ1) is 8.04. The van der Waals surface area contributed by atoms with E-state index in [-0.39, 0.29) is 0 Å². The minimum atomic E-state index is -0.713. The van der Waals surface area contributed by atoms with Crippen molar-refractivity contribution in [3.05, 3.63) is 28.2 Å². The lowest BCUT2D eigenvalue weighted by Gasteiger charge is -2.38. The maximum Gasteiger partial charge on any atom is 0.0803 e. The standard InChI is InChI=1S/C12H16Cl2N2O/c13-9-1-2-11(10(14)7-9)16-5-3-12(17,8-15)4-6-16/h1-2,7,17H,3-6,8,15H2. The van der Waals surface area contributed by atoms with E-state index in [4.69, 9.17) is 28.9 Å². The van der Waals surface area contributed by atoms with E-state index in [2.05, 4.69) is 4.90 Å². The lowest BCUT2D eigenvalue weighted by Crippen LogP contribution is -2.48. The van der Waals surface area contributed by atoms with Crippen molar-refractivity contribution < 1.29 is 5.11 Å². The van der Waals surface area contributed by atoms with Gasteiger partial charge in [-0.3, -0.25) is 0 Å². The normalized spacial score (nSPS) is 19.4. The Morgan fingerprint density at radius 3 is 2.47 bits per heavy atom. The highest BCUT2D eigenvalue weighted by molar-refractivity contribution is 6.36.